The van der Waals surface area contributed by atoms with Gasteiger partial charge < -0.3 is 19.5 Å². The van der Waals surface area contributed by atoms with Crippen molar-refractivity contribution in [2.24, 2.45) is 5.92 Å². The lowest BCUT2D eigenvalue weighted by Crippen LogP contribution is -2.56. The number of aliphatic hydroxyl groups is 1. The van der Waals surface area contributed by atoms with Crippen LogP contribution in [0.3, 0.4) is 0 Å². The van der Waals surface area contributed by atoms with E-state index in [1.807, 2.05) is 18.7 Å². The van der Waals surface area contributed by atoms with Gasteiger partial charge in [-0.05, 0) is 31.0 Å². The van der Waals surface area contributed by atoms with Gasteiger partial charge in [-0.2, -0.15) is 13.2 Å². The fourth-order valence-corrected chi connectivity index (χ4v) is 4.20. The number of anilines is 2. The molecule has 0 saturated carbocycles. The van der Waals surface area contributed by atoms with E-state index in [2.05, 4.69) is 9.97 Å². The summed E-state index contributed by atoms with van der Waals surface area (Å²) < 4.78 is 75.0. The largest absolute Gasteiger partial charge is 0.433 e. The first-order valence-corrected chi connectivity index (χ1v) is 11.0. The van der Waals surface area contributed by atoms with Crippen molar-refractivity contribution in [3.63, 3.8) is 0 Å². The van der Waals surface area contributed by atoms with Crippen LogP contribution in [0.5, 0.6) is 0 Å². The molecule has 176 valence electrons. The molecule has 0 radical (unpaired) electrons. The van der Waals surface area contributed by atoms with Gasteiger partial charge >= 0.3 is 6.18 Å². The van der Waals surface area contributed by atoms with E-state index in [-0.39, 0.29) is 29.3 Å². The number of piperazine rings is 1. The van der Waals surface area contributed by atoms with Crippen LogP contribution in [0.2, 0.25) is 0 Å². The average Bonchev–Trinajstić information content (AvgIpc) is 2.72. The van der Waals surface area contributed by atoms with E-state index in [9.17, 15) is 31.4 Å². The molecule has 1 aliphatic rings. The number of alkyl halides is 3. The molecule has 1 fully saturated rings. The fourth-order valence-electron chi connectivity index (χ4n) is 3.74. The van der Waals surface area contributed by atoms with Gasteiger partial charge in [0.2, 0.25) is 5.95 Å². The molecule has 2 aromatic rings. The van der Waals surface area contributed by atoms with Gasteiger partial charge in [0.1, 0.15) is 10.7 Å². The average molecular weight is 476 g/mol. The number of hydrogen-bond donors (Lipinski definition) is 2. The highest BCUT2D eigenvalue weighted by Crippen LogP contribution is 2.35. The van der Waals surface area contributed by atoms with Gasteiger partial charge in [0.05, 0.1) is 12.1 Å². The van der Waals surface area contributed by atoms with Crippen molar-refractivity contribution in [1.82, 2.24) is 9.97 Å². The molecular weight excluding hydrogens is 452 g/mol. The molecule has 1 aromatic heterocycles. The van der Waals surface area contributed by atoms with E-state index in [0.717, 1.165) is 12.3 Å². The summed E-state index contributed by atoms with van der Waals surface area (Å²) in [6, 6.07) is 3.63. The lowest BCUT2D eigenvalue weighted by molar-refractivity contribution is -0.142. The summed E-state index contributed by atoms with van der Waals surface area (Å²) in [6.07, 6.45) is -5.12. The number of aromatic nitrogens is 2. The van der Waals surface area contributed by atoms with Gasteiger partial charge in [-0.1, -0.05) is 13.8 Å². The minimum atomic E-state index is -4.75. The molecule has 0 bridgehead atoms. The molecule has 12 heteroatoms. The molecule has 1 aliphatic heterocycles. The van der Waals surface area contributed by atoms with E-state index in [0.29, 0.717) is 18.8 Å². The minimum absolute atomic E-state index is 0.000860. The van der Waals surface area contributed by atoms with E-state index in [1.54, 1.807) is 4.90 Å². The highest BCUT2D eigenvalue weighted by atomic mass is 32.2. The van der Waals surface area contributed by atoms with E-state index in [1.165, 1.54) is 19.1 Å². The van der Waals surface area contributed by atoms with Gasteiger partial charge in [-0.15, -0.1) is 0 Å². The van der Waals surface area contributed by atoms with E-state index in [4.69, 9.17) is 0 Å². The van der Waals surface area contributed by atoms with Crippen molar-refractivity contribution in [3.8, 4) is 0 Å². The zero-order valence-electron chi connectivity index (χ0n) is 17.7. The van der Waals surface area contributed by atoms with Crippen molar-refractivity contribution in [2.45, 2.75) is 44.0 Å². The molecule has 1 saturated heterocycles. The molecule has 1 aromatic carbocycles. The van der Waals surface area contributed by atoms with E-state index >= 15 is 0 Å². The Morgan fingerprint density at radius 2 is 1.91 bits per heavy atom. The lowest BCUT2D eigenvalue weighted by atomic mass is 9.99. The number of halogens is 4. The summed E-state index contributed by atoms with van der Waals surface area (Å²) in [7, 11) is 0. The van der Waals surface area contributed by atoms with Gasteiger partial charge in [0.25, 0.3) is 0 Å². The van der Waals surface area contributed by atoms with Crippen LogP contribution in [0, 0.1) is 11.7 Å². The molecule has 7 nitrogen and oxygen atoms in total. The Kier molecular flexibility index (Phi) is 7.06. The molecule has 0 amide bonds. The van der Waals surface area contributed by atoms with Crippen molar-refractivity contribution < 1.29 is 31.4 Å². The van der Waals surface area contributed by atoms with Crippen LogP contribution in [-0.4, -0.2) is 49.5 Å². The molecule has 0 aliphatic carbocycles. The monoisotopic (exact) mass is 476 g/mol. The van der Waals surface area contributed by atoms with Crippen LogP contribution in [-0.2, 0) is 17.3 Å². The van der Waals surface area contributed by atoms with Gasteiger partial charge in [0.15, 0.2) is 16.8 Å². The third-order valence-electron chi connectivity index (χ3n) is 5.44. The second kappa shape index (κ2) is 9.28. The number of aliphatic hydroxyl groups excluding tert-OH is 1. The smallest absolute Gasteiger partial charge is 0.389 e. The highest BCUT2D eigenvalue weighted by Gasteiger charge is 2.39. The fraction of sp³-hybridized carbons (Fsp3) is 0.500. The summed E-state index contributed by atoms with van der Waals surface area (Å²) >= 11 is -2.49. The molecule has 3 rings (SSSR count). The predicted molar refractivity (Wildman–Crippen MR) is 111 cm³/mol. The first-order valence-electron chi connectivity index (χ1n) is 9.94. The summed E-state index contributed by atoms with van der Waals surface area (Å²) in [5, 5.41) is 9.68. The van der Waals surface area contributed by atoms with Crippen LogP contribution in [0.1, 0.15) is 38.1 Å². The maximum atomic E-state index is 13.8. The second-order valence-electron chi connectivity index (χ2n) is 7.96. The molecule has 32 heavy (non-hydrogen) atoms. The summed E-state index contributed by atoms with van der Waals surface area (Å²) in [6.45, 7) is 6.05. The Hall–Kier alpha value is -2.31. The van der Waals surface area contributed by atoms with Crippen LogP contribution in [0.25, 0.3) is 0 Å². The molecule has 2 heterocycles. The Labute approximate surface area is 185 Å². The number of hydrogen-bond acceptors (Lipinski definition) is 6. The maximum Gasteiger partial charge on any atom is 0.433 e. The van der Waals surface area contributed by atoms with Crippen LogP contribution in [0.4, 0.5) is 29.2 Å². The molecular formula is C20H24F4N4O3S. The standard InChI is InChI=1S/C20H24F4N4O3S/c1-11(2)16-10-27(13-4-5-15(21)17(8-13)32(30)31)6-7-28(16)19-25-9-14(12(3)29)18(26-19)20(22,23)24/h4-5,8-9,11-12,16,29H,6-7,10H2,1-3H3,(H,30,31). The number of rotatable bonds is 5. The zero-order chi connectivity index (χ0) is 23.8. The Bertz CT molecular complexity index is 1000. The molecule has 0 spiro atoms. The third kappa shape index (κ3) is 5.02. The quantitative estimate of drug-likeness (QED) is 0.503. The highest BCUT2D eigenvalue weighted by molar-refractivity contribution is 7.79. The first-order chi connectivity index (χ1) is 14.9. The molecule has 3 unspecified atom stereocenters. The van der Waals surface area contributed by atoms with E-state index < -0.39 is 40.4 Å². The van der Waals surface area contributed by atoms with Gasteiger partial charge in [-0.3, -0.25) is 0 Å². The van der Waals surface area contributed by atoms with Gasteiger partial charge in [0, 0.05) is 37.1 Å². The minimum Gasteiger partial charge on any atom is -0.389 e. The summed E-state index contributed by atoms with van der Waals surface area (Å²) in [4.78, 5) is 11.1. The maximum absolute atomic E-state index is 13.8. The Morgan fingerprint density at radius 1 is 1.22 bits per heavy atom. The SMILES string of the molecule is CC(O)c1cnc(N2CCN(c3ccc(F)c(S(=O)O)c3)CC2C(C)C)nc1C(F)(F)F. The van der Waals surface area contributed by atoms with Crippen LogP contribution >= 0.6 is 0 Å². The lowest BCUT2D eigenvalue weighted by Gasteiger charge is -2.44. The Balaban J connectivity index is 1.93. The number of benzene rings is 1. The second-order valence-corrected chi connectivity index (χ2v) is 8.90. The van der Waals surface area contributed by atoms with Crippen molar-refractivity contribution in [1.29, 1.82) is 0 Å². The summed E-state index contributed by atoms with van der Waals surface area (Å²) in [5.41, 5.74) is -1.02. The van der Waals surface area contributed by atoms with Crippen molar-refractivity contribution in [2.75, 3.05) is 29.4 Å². The Morgan fingerprint density at radius 3 is 2.47 bits per heavy atom. The summed E-state index contributed by atoms with van der Waals surface area (Å²) in [5.74, 6) is -0.879. The third-order valence-corrected chi connectivity index (χ3v) is 6.13. The zero-order valence-corrected chi connectivity index (χ0v) is 18.5. The predicted octanol–water partition coefficient (Wildman–Crippen LogP) is 3.62. The van der Waals surface area contributed by atoms with Crippen molar-refractivity contribution in [3.05, 3.63) is 41.5 Å². The van der Waals surface area contributed by atoms with Gasteiger partial charge in [-0.25, -0.2) is 18.6 Å². The first kappa shape index (κ1) is 24.3. The van der Waals surface area contributed by atoms with Crippen LogP contribution < -0.4 is 9.80 Å². The van der Waals surface area contributed by atoms with Crippen LogP contribution in [0.15, 0.2) is 29.3 Å². The molecule has 3 atom stereocenters. The normalized spacial score (nSPS) is 19.4. The van der Waals surface area contributed by atoms with Crippen molar-refractivity contribution >= 4 is 22.7 Å². The topological polar surface area (TPSA) is 89.8 Å². The number of nitrogens with zero attached hydrogens (tertiary/aromatic N) is 4. The molecule has 2 N–H and O–H groups in total.